The topological polar surface area (TPSA) is 72.9 Å². The highest BCUT2D eigenvalue weighted by atomic mass is 16.2. The van der Waals surface area contributed by atoms with Crippen molar-refractivity contribution in [1.29, 1.82) is 0 Å². The first kappa shape index (κ1) is 13.5. The second kappa shape index (κ2) is 5.21. The smallest absolute Gasteiger partial charge is 0.271 e. The summed E-state index contributed by atoms with van der Waals surface area (Å²) in [5.41, 5.74) is 7.53. The van der Waals surface area contributed by atoms with Crippen molar-refractivity contribution in [3.05, 3.63) is 11.4 Å². The number of amides is 1. The number of carbonyl (C=O) groups excluding carboxylic acids is 1. The molecule has 0 spiro atoms. The Balaban J connectivity index is 2.96. The van der Waals surface area contributed by atoms with Gasteiger partial charge in [-0.2, -0.15) is 5.10 Å². The summed E-state index contributed by atoms with van der Waals surface area (Å²) >= 11 is 0. The molecule has 5 heteroatoms. The number of aryl methyl sites for hydroxylation is 2. The number of rotatable bonds is 4. The molecule has 5 nitrogen and oxygen atoms in total. The molecular formula is C12H22N4O. The van der Waals surface area contributed by atoms with E-state index in [1.165, 1.54) is 0 Å². The van der Waals surface area contributed by atoms with Gasteiger partial charge < -0.3 is 11.1 Å². The van der Waals surface area contributed by atoms with E-state index in [2.05, 4.69) is 24.3 Å². The molecule has 0 aliphatic carbocycles. The quantitative estimate of drug-likeness (QED) is 0.836. The van der Waals surface area contributed by atoms with Crippen LogP contribution in [0.4, 0.5) is 5.69 Å². The average Bonchev–Trinajstić information content (AvgIpc) is 2.54. The third-order valence-corrected chi connectivity index (χ3v) is 3.05. The largest absolute Gasteiger partial charge is 0.395 e. The molecule has 1 amide bonds. The molecule has 0 aliphatic rings. The highest BCUT2D eigenvalue weighted by Gasteiger charge is 2.21. The van der Waals surface area contributed by atoms with Gasteiger partial charge in [-0.1, -0.05) is 13.8 Å². The zero-order valence-corrected chi connectivity index (χ0v) is 11.2. The first-order valence-electron chi connectivity index (χ1n) is 6.02. The number of carbonyl (C=O) groups is 1. The van der Waals surface area contributed by atoms with Crippen LogP contribution in [0.3, 0.4) is 0 Å². The van der Waals surface area contributed by atoms with Gasteiger partial charge in [-0.05, 0) is 26.7 Å². The van der Waals surface area contributed by atoms with Crippen LogP contribution < -0.4 is 11.1 Å². The lowest BCUT2D eigenvalue weighted by molar-refractivity contribution is 0.0920. The summed E-state index contributed by atoms with van der Waals surface area (Å²) in [6.07, 6.45) is 0. The fourth-order valence-corrected chi connectivity index (χ4v) is 1.51. The molecule has 0 aliphatic heterocycles. The standard InChI is InChI=1S/C12H22N4O/c1-6-16-11(10(13)9(5)15-16)12(17)14-8(4)7(2)3/h7-8H,6,13H2,1-5H3,(H,14,17). The van der Waals surface area contributed by atoms with E-state index in [1.54, 1.807) is 4.68 Å². The Morgan fingerprint density at radius 2 is 2.06 bits per heavy atom. The second-order valence-corrected chi connectivity index (χ2v) is 4.67. The first-order chi connectivity index (χ1) is 7.88. The molecule has 1 aromatic rings. The van der Waals surface area contributed by atoms with Gasteiger partial charge in [0.25, 0.3) is 5.91 Å². The van der Waals surface area contributed by atoms with Crippen molar-refractivity contribution in [2.45, 2.75) is 47.2 Å². The van der Waals surface area contributed by atoms with E-state index in [0.29, 0.717) is 29.5 Å². The van der Waals surface area contributed by atoms with Crippen LogP contribution in [0.5, 0.6) is 0 Å². The Morgan fingerprint density at radius 3 is 2.53 bits per heavy atom. The SMILES string of the molecule is CCn1nc(C)c(N)c1C(=O)NC(C)C(C)C. The predicted octanol–water partition coefficient (Wildman–Crippen LogP) is 1.57. The number of nitrogen functional groups attached to an aromatic ring is 1. The number of nitrogens with one attached hydrogen (secondary N) is 1. The molecule has 1 unspecified atom stereocenters. The minimum atomic E-state index is -0.147. The van der Waals surface area contributed by atoms with E-state index in [0.717, 1.165) is 0 Å². The molecule has 1 atom stereocenters. The molecule has 0 aromatic carbocycles. The monoisotopic (exact) mass is 238 g/mol. The summed E-state index contributed by atoms with van der Waals surface area (Å²) in [6, 6.07) is 0.113. The van der Waals surface area contributed by atoms with Crippen LogP contribution in [0.2, 0.25) is 0 Å². The zero-order chi connectivity index (χ0) is 13.2. The van der Waals surface area contributed by atoms with Gasteiger partial charge in [-0.3, -0.25) is 9.48 Å². The summed E-state index contributed by atoms with van der Waals surface area (Å²) in [6.45, 7) is 10.5. The van der Waals surface area contributed by atoms with Crippen LogP contribution in [0.1, 0.15) is 43.9 Å². The maximum atomic E-state index is 12.1. The highest BCUT2D eigenvalue weighted by Crippen LogP contribution is 2.16. The van der Waals surface area contributed by atoms with Crippen molar-refractivity contribution in [3.63, 3.8) is 0 Å². The van der Waals surface area contributed by atoms with Gasteiger partial charge in [0.15, 0.2) is 0 Å². The minimum Gasteiger partial charge on any atom is -0.395 e. The van der Waals surface area contributed by atoms with Crippen molar-refractivity contribution in [2.24, 2.45) is 5.92 Å². The van der Waals surface area contributed by atoms with Gasteiger partial charge in [0.05, 0.1) is 11.4 Å². The lowest BCUT2D eigenvalue weighted by Crippen LogP contribution is -2.37. The van der Waals surface area contributed by atoms with E-state index in [9.17, 15) is 4.79 Å². The van der Waals surface area contributed by atoms with Crippen molar-refractivity contribution in [3.8, 4) is 0 Å². The number of hydrogen-bond acceptors (Lipinski definition) is 3. The lowest BCUT2D eigenvalue weighted by Gasteiger charge is -2.17. The molecule has 3 N–H and O–H groups in total. The zero-order valence-electron chi connectivity index (χ0n) is 11.2. The molecule has 96 valence electrons. The molecule has 0 saturated heterocycles. The number of nitrogens with zero attached hydrogens (tertiary/aromatic N) is 2. The third-order valence-electron chi connectivity index (χ3n) is 3.05. The second-order valence-electron chi connectivity index (χ2n) is 4.67. The molecule has 0 saturated carbocycles. The normalized spacial score (nSPS) is 12.8. The Labute approximate surface area is 102 Å². The van der Waals surface area contributed by atoms with Crippen LogP contribution in [-0.2, 0) is 6.54 Å². The average molecular weight is 238 g/mol. The fraction of sp³-hybridized carbons (Fsp3) is 0.667. The lowest BCUT2D eigenvalue weighted by atomic mass is 10.1. The summed E-state index contributed by atoms with van der Waals surface area (Å²) in [5, 5.41) is 7.18. The predicted molar refractivity (Wildman–Crippen MR) is 68.8 cm³/mol. The van der Waals surface area contributed by atoms with E-state index >= 15 is 0 Å². The maximum absolute atomic E-state index is 12.1. The number of aromatic nitrogens is 2. The van der Waals surface area contributed by atoms with Gasteiger partial charge in [0.1, 0.15) is 5.69 Å². The molecule has 1 aromatic heterocycles. The van der Waals surface area contributed by atoms with Crippen molar-refractivity contribution in [1.82, 2.24) is 15.1 Å². The van der Waals surface area contributed by atoms with Crippen LogP contribution in [0.15, 0.2) is 0 Å². The molecule has 1 rings (SSSR count). The first-order valence-corrected chi connectivity index (χ1v) is 6.02. The summed E-state index contributed by atoms with van der Waals surface area (Å²) in [5.74, 6) is 0.241. The molecule has 0 radical (unpaired) electrons. The van der Waals surface area contributed by atoms with Crippen molar-refractivity contribution >= 4 is 11.6 Å². The van der Waals surface area contributed by atoms with Crippen LogP contribution in [0, 0.1) is 12.8 Å². The number of anilines is 1. The van der Waals surface area contributed by atoms with E-state index in [-0.39, 0.29) is 11.9 Å². The van der Waals surface area contributed by atoms with Gasteiger partial charge >= 0.3 is 0 Å². The van der Waals surface area contributed by atoms with Gasteiger partial charge in [0.2, 0.25) is 0 Å². The van der Waals surface area contributed by atoms with Crippen molar-refractivity contribution < 1.29 is 4.79 Å². The Hall–Kier alpha value is -1.52. The van der Waals surface area contributed by atoms with Crippen molar-refractivity contribution in [2.75, 3.05) is 5.73 Å². The van der Waals surface area contributed by atoms with Crippen LogP contribution >= 0.6 is 0 Å². The van der Waals surface area contributed by atoms with Gasteiger partial charge in [-0.15, -0.1) is 0 Å². The molecule has 0 bridgehead atoms. The van der Waals surface area contributed by atoms with Gasteiger partial charge in [-0.25, -0.2) is 0 Å². The number of nitrogens with two attached hydrogens (primary N) is 1. The Bertz CT molecular complexity index is 409. The Morgan fingerprint density at radius 1 is 1.47 bits per heavy atom. The van der Waals surface area contributed by atoms with E-state index in [4.69, 9.17) is 5.73 Å². The number of hydrogen-bond donors (Lipinski definition) is 2. The van der Waals surface area contributed by atoms with E-state index in [1.807, 2.05) is 20.8 Å². The van der Waals surface area contributed by atoms with Crippen LogP contribution in [0.25, 0.3) is 0 Å². The van der Waals surface area contributed by atoms with Crippen LogP contribution in [-0.4, -0.2) is 21.7 Å². The fourth-order valence-electron chi connectivity index (χ4n) is 1.51. The molecule has 17 heavy (non-hydrogen) atoms. The summed E-state index contributed by atoms with van der Waals surface area (Å²) in [4.78, 5) is 12.1. The molecule has 1 heterocycles. The Kier molecular flexibility index (Phi) is 4.15. The maximum Gasteiger partial charge on any atom is 0.271 e. The summed E-state index contributed by atoms with van der Waals surface area (Å²) < 4.78 is 1.65. The van der Waals surface area contributed by atoms with E-state index < -0.39 is 0 Å². The minimum absolute atomic E-state index is 0.113. The highest BCUT2D eigenvalue weighted by molar-refractivity contribution is 5.98. The van der Waals surface area contributed by atoms with Gasteiger partial charge in [0, 0.05) is 12.6 Å². The molecular weight excluding hydrogens is 216 g/mol. The summed E-state index contributed by atoms with van der Waals surface area (Å²) in [7, 11) is 0. The third kappa shape index (κ3) is 2.78. The molecule has 0 fully saturated rings.